The van der Waals surface area contributed by atoms with E-state index < -0.39 is 0 Å². The smallest absolute Gasteiger partial charge is 0.246 e. The van der Waals surface area contributed by atoms with Gasteiger partial charge in [0, 0.05) is 18.2 Å². The fourth-order valence-corrected chi connectivity index (χ4v) is 1.90. The van der Waals surface area contributed by atoms with Gasteiger partial charge in [0.15, 0.2) is 0 Å². The van der Waals surface area contributed by atoms with Crippen LogP contribution in [0.3, 0.4) is 0 Å². The third-order valence-corrected chi connectivity index (χ3v) is 2.66. The van der Waals surface area contributed by atoms with Crippen molar-refractivity contribution in [3.05, 3.63) is 30.1 Å². The molecule has 0 atom stereocenters. The molecule has 0 aromatic carbocycles. The summed E-state index contributed by atoms with van der Waals surface area (Å²) >= 11 is 0. The van der Waals surface area contributed by atoms with Gasteiger partial charge < -0.3 is 4.90 Å². The van der Waals surface area contributed by atoms with E-state index in [1.165, 1.54) is 6.08 Å². The van der Waals surface area contributed by atoms with Crippen LogP contribution in [-0.4, -0.2) is 20.6 Å². The first-order valence-corrected chi connectivity index (χ1v) is 5.10. The molecule has 0 radical (unpaired) electrons. The van der Waals surface area contributed by atoms with Gasteiger partial charge in [0.05, 0.1) is 18.4 Å². The number of nitrogens with zero attached hydrogens (tertiary/aromatic N) is 3. The second-order valence-electron chi connectivity index (χ2n) is 4.05. The minimum absolute atomic E-state index is 0.0125. The Kier molecular flexibility index (Phi) is 2.34. The Morgan fingerprint density at radius 3 is 2.93 bits per heavy atom. The second-order valence-corrected chi connectivity index (χ2v) is 4.05. The molecule has 1 amide bonds. The predicted octanol–water partition coefficient (Wildman–Crippen LogP) is 1.49. The first-order chi connectivity index (χ1) is 7.13. The van der Waals surface area contributed by atoms with Crippen LogP contribution < -0.4 is 0 Å². The average molecular weight is 205 g/mol. The van der Waals surface area contributed by atoms with E-state index in [-0.39, 0.29) is 5.91 Å². The van der Waals surface area contributed by atoms with E-state index in [1.54, 1.807) is 4.90 Å². The number of rotatable bonds is 2. The van der Waals surface area contributed by atoms with Crippen LogP contribution in [0.25, 0.3) is 0 Å². The van der Waals surface area contributed by atoms with E-state index in [4.69, 9.17) is 0 Å². The van der Waals surface area contributed by atoms with Gasteiger partial charge in [-0.2, -0.15) is 5.10 Å². The van der Waals surface area contributed by atoms with Crippen LogP contribution in [0.2, 0.25) is 0 Å². The standard InChI is InChI=1S/C11H15N3O/c1-4-11(15)13-6-9-5-12-14(8(2)3)10(9)7-13/h4-5,8H,1,6-7H2,2-3H3. The molecule has 2 heterocycles. The van der Waals surface area contributed by atoms with Gasteiger partial charge in [0.25, 0.3) is 0 Å². The minimum Gasteiger partial charge on any atom is -0.329 e. The SMILES string of the molecule is C=CC(=O)N1Cc2cnn(C(C)C)c2C1. The lowest BCUT2D eigenvalue weighted by atomic mass is 10.3. The van der Waals surface area contributed by atoms with Gasteiger partial charge in [-0.3, -0.25) is 9.48 Å². The number of carbonyl (C=O) groups is 1. The third-order valence-electron chi connectivity index (χ3n) is 2.66. The van der Waals surface area contributed by atoms with Crippen molar-refractivity contribution < 1.29 is 4.79 Å². The number of hydrogen-bond donors (Lipinski definition) is 0. The Balaban J connectivity index is 2.24. The molecule has 0 fully saturated rings. The highest BCUT2D eigenvalue weighted by Crippen LogP contribution is 2.24. The first kappa shape index (κ1) is 9.96. The molecule has 80 valence electrons. The third kappa shape index (κ3) is 1.56. The van der Waals surface area contributed by atoms with Crippen molar-refractivity contribution in [3.63, 3.8) is 0 Å². The molecule has 4 heteroatoms. The quantitative estimate of drug-likeness (QED) is 0.686. The van der Waals surface area contributed by atoms with Gasteiger partial charge in [0.1, 0.15) is 0 Å². The van der Waals surface area contributed by atoms with Crippen LogP contribution >= 0.6 is 0 Å². The van der Waals surface area contributed by atoms with Crippen molar-refractivity contribution in [2.45, 2.75) is 33.0 Å². The fourth-order valence-electron chi connectivity index (χ4n) is 1.90. The van der Waals surface area contributed by atoms with Crippen molar-refractivity contribution in [3.8, 4) is 0 Å². The zero-order valence-corrected chi connectivity index (χ0v) is 9.10. The lowest BCUT2D eigenvalue weighted by Gasteiger charge is -2.14. The van der Waals surface area contributed by atoms with Crippen LogP contribution in [0.4, 0.5) is 0 Å². The molecule has 4 nitrogen and oxygen atoms in total. The lowest BCUT2D eigenvalue weighted by molar-refractivity contribution is -0.126. The number of fused-ring (bicyclic) bond motifs is 1. The zero-order valence-electron chi connectivity index (χ0n) is 9.10. The monoisotopic (exact) mass is 205 g/mol. The summed E-state index contributed by atoms with van der Waals surface area (Å²) < 4.78 is 1.98. The van der Waals surface area contributed by atoms with E-state index in [0.29, 0.717) is 19.1 Å². The molecule has 0 bridgehead atoms. The molecule has 0 N–H and O–H groups in total. The Bertz CT molecular complexity index is 406. The number of hydrogen-bond acceptors (Lipinski definition) is 2. The summed E-state index contributed by atoms with van der Waals surface area (Å²) in [6, 6.07) is 0.340. The summed E-state index contributed by atoms with van der Waals surface area (Å²) in [6.07, 6.45) is 3.21. The number of aromatic nitrogens is 2. The van der Waals surface area contributed by atoms with Gasteiger partial charge >= 0.3 is 0 Å². The van der Waals surface area contributed by atoms with Gasteiger partial charge in [-0.1, -0.05) is 6.58 Å². The molecule has 0 saturated heterocycles. The molecule has 2 rings (SSSR count). The van der Waals surface area contributed by atoms with E-state index in [2.05, 4.69) is 25.5 Å². The van der Waals surface area contributed by atoms with Gasteiger partial charge in [0.2, 0.25) is 5.91 Å². The van der Waals surface area contributed by atoms with E-state index in [9.17, 15) is 4.79 Å². The van der Waals surface area contributed by atoms with Crippen LogP contribution in [0.1, 0.15) is 31.1 Å². The molecule has 0 aliphatic carbocycles. The Morgan fingerprint density at radius 1 is 1.60 bits per heavy atom. The number of carbonyl (C=O) groups excluding carboxylic acids is 1. The molecule has 0 spiro atoms. The maximum absolute atomic E-state index is 11.4. The van der Waals surface area contributed by atoms with Crippen molar-refractivity contribution in [1.82, 2.24) is 14.7 Å². The van der Waals surface area contributed by atoms with Crippen LogP contribution in [-0.2, 0) is 17.9 Å². The van der Waals surface area contributed by atoms with Gasteiger partial charge in [-0.25, -0.2) is 0 Å². The molecule has 1 aromatic rings. The molecule has 1 aliphatic heterocycles. The number of amides is 1. The maximum atomic E-state index is 11.4. The molecular weight excluding hydrogens is 190 g/mol. The lowest BCUT2D eigenvalue weighted by Crippen LogP contribution is -2.24. The summed E-state index contributed by atoms with van der Waals surface area (Å²) in [5.74, 6) is -0.0125. The molecule has 1 aliphatic rings. The minimum atomic E-state index is -0.0125. The molecule has 0 saturated carbocycles. The van der Waals surface area contributed by atoms with Crippen molar-refractivity contribution in [2.75, 3.05) is 0 Å². The summed E-state index contributed by atoms with van der Waals surface area (Å²) in [7, 11) is 0. The normalized spacial score (nSPS) is 14.5. The summed E-state index contributed by atoms with van der Waals surface area (Å²) in [5, 5.41) is 4.31. The van der Waals surface area contributed by atoms with Crippen LogP contribution in [0.15, 0.2) is 18.9 Å². The van der Waals surface area contributed by atoms with E-state index in [1.807, 2.05) is 10.9 Å². The Hall–Kier alpha value is -1.58. The first-order valence-electron chi connectivity index (χ1n) is 5.10. The van der Waals surface area contributed by atoms with Crippen molar-refractivity contribution >= 4 is 5.91 Å². The molecule has 15 heavy (non-hydrogen) atoms. The zero-order chi connectivity index (χ0) is 11.0. The van der Waals surface area contributed by atoms with Crippen molar-refractivity contribution in [1.29, 1.82) is 0 Å². The highest BCUT2D eigenvalue weighted by atomic mass is 16.2. The van der Waals surface area contributed by atoms with Crippen LogP contribution in [0.5, 0.6) is 0 Å². The Morgan fingerprint density at radius 2 is 2.33 bits per heavy atom. The molecular formula is C11H15N3O. The Labute approximate surface area is 89.2 Å². The van der Waals surface area contributed by atoms with Crippen molar-refractivity contribution in [2.24, 2.45) is 0 Å². The largest absolute Gasteiger partial charge is 0.329 e. The van der Waals surface area contributed by atoms with Crippen LogP contribution in [0, 0.1) is 0 Å². The van der Waals surface area contributed by atoms with E-state index in [0.717, 1.165) is 11.3 Å². The highest BCUT2D eigenvalue weighted by molar-refractivity contribution is 5.87. The maximum Gasteiger partial charge on any atom is 0.246 e. The predicted molar refractivity (Wildman–Crippen MR) is 57.1 cm³/mol. The summed E-state index contributed by atoms with van der Waals surface area (Å²) in [5.41, 5.74) is 2.30. The second kappa shape index (κ2) is 3.53. The van der Waals surface area contributed by atoms with Gasteiger partial charge in [-0.05, 0) is 19.9 Å². The molecule has 1 aromatic heterocycles. The summed E-state index contributed by atoms with van der Waals surface area (Å²) in [6.45, 7) is 8.98. The fraction of sp³-hybridized carbons (Fsp3) is 0.455. The van der Waals surface area contributed by atoms with E-state index >= 15 is 0 Å². The highest BCUT2D eigenvalue weighted by Gasteiger charge is 2.26. The molecule has 0 unspecified atom stereocenters. The van der Waals surface area contributed by atoms with Gasteiger partial charge in [-0.15, -0.1) is 0 Å². The summed E-state index contributed by atoms with van der Waals surface area (Å²) in [4.78, 5) is 13.2. The topological polar surface area (TPSA) is 38.1 Å². The average Bonchev–Trinajstić information content (AvgIpc) is 2.73.